The summed E-state index contributed by atoms with van der Waals surface area (Å²) in [6.45, 7) is 0. The highest BCUT2D eigenvalue weighted by atomic mass is 14.9. The Hall–Kier alpha value is -1.12. The lowest BCUT2D eigenvalue weighted by Crippen LogP contribution is -1.87. The topological polar surface area (TPSA) is 51.8 Å². The molecule has 1 aromatic heterocycles. The molecule has 0 unspecified atom stereocenters. The Balaban J connectivity index is 3.08. The van der Waals surface area contributed by atoms with Crippen molar-refractivity contribution in [1.82, 2.24) is 9.97 Å². The van der Waals surface area contributed by atoms with Crippen LogP contribution in [0.2, 0.25) is 0 Å². The summed E-state index contributed by atoms with van der Waals surface area (Å²) in [7, 11) is 0. The first-order chi connectivity index (χ1) is 3.79. The molecule has 1 rings (SSSR count). The molecule has 0 aromatic carbocycles. The van der Waals surface area contributed by atoms with Gasteiger partial charge in [0.15, 0.2) is 0 Å². The van der Waals surface area contributed by atoms with Crippen molar-refractivity contribution in [2.45, 2.75) is 0 Å². The van der Waals surface area contributed by atoms with E-state index in [2.05, 4.69) is 9.97 Å². The maximum atomic E-state index is 6.83. The fraction of sp³-hybridized carbons (Fsp3) is 0. The number of nitrogens with two attached hydrogens (primary N) is 1. The first kappa shape index (κ1) is 2.96. The molecule has 0 spiro atoms. The van der Waals surface area contributed by atoms with Crippen LogP contribution in [0.25, 0.3) is 0 Å². The molecule has 0 aliphatic carbocycles. The average molecular weight is 96.1 g/mol. The van der Waals surface area contributed by atoms with E-state index in [1.165, 1.54) is 12.3 Å². The van der Waals surface area contributed by atoms with Gasteiger partial charge in [-0.3, -0.25) is 0 Å². The minimum atomic E-state index is -0.0370. The number of aromatic nitrogens is 2. The maximum Gasteiger partial charge on any atom is 0.126 e. The minimum absolute atomic E-state index is 0.0370. The van der Waals surface area contributed by atoms with Crippen molar-refractivity contribution in [1.29, 1.82) is 0 Å². The smallest absolute Gasteiger partial charge is 0.126 e. The van der Waals surface area contributed by atoms with Crippen molar-refractivity contribution in [2.75, 3.05) is 5.73 Å². The van der Waals surface area contributed by atoms with Crippen LogP contribution >= 0.6 is 0 Å². The zero-order chi connectivity index (χ0) is 5.98. The molecule has 0 bridgehead atoms. The van der Waals surface area contributed by atoms with Gasteiger partial charge in [0, 0.05) is 6.20 Å². The van der Waals surface area contributed by atoms with Crippen molar-refractivity contribution in [3.05, 3.63) is 18.6 Å². The number of nitrogen functional groups attached to an aromatic ring is 1. The van der Waals surface area contributed by atoms with Crippen LogP contribution in [0.5, 0.6) is 0 Å². The van der Waals surface area contributed by atoms with Crippen LogP contribution in [0.15, 0.2) is 18.6 Å². The second kappa shape index (κ2) is 1.55. The molecule has 0 aliphatic rings. The zero-order valence-electron chi connectivity index (χ0n) is 4.63. The first-order valence-corrected chi connectivity index (χ1v) is 1.84. The molecule has 3 nitrogen and oxygen atoms in total. The van der Waals surface area contributed by atoms with E-state index in [0.29, 0.717) is 5.82 Å². The van der Waals surface area contributed by atoms with Crippen LogP contribution in [0.1, 0.15) is 1.37 Å². The molecule has 36 valence electrons. The van der Waals surface area contributed by atoms with Gasteiger partial charge in [0.05, 0.1) is 0 Å². The van der Waals surface area contributed by atoms with E-state index < -0.39 is 0 Å². The molecule has 0 fully saturated rings. The van der Waals surface area contributed by atoms with Gasteiger partial charge in [-0.1, -0.05) is 0 Å². The Morgan fingerprint density at radius 2 is 2.71 bits per heavy atom. The minimum Gasteiger partial charge on any atom is -0.384 e. The van der Waals surface area contributed by atoms with Gasteiger partial charge in [-0.2, -0.15) is 0 Å². The van der Waals surface area contributed by atoms with Crippen LogP contribution in [-0.2, 0) is 0 Å². The number of hydrogen-bond donors (Lipinski definition) is 1. The van der Waals surface area contributed by atoms with E-state index in [1.54, 1.807) is 0 Å². The summed E-state index contributed by atoms with van der Waals surface area (Å²) in [6, 6.07) is 1.54. The predicted molar refractivity (Wildman–Crippen MR) is 26.4 cm³/mol. The predicted octanol–water partition coefficient (Wildman–Crippen LogP) is 0.0588. The molecule has 0 amide bonds. The lowest BCUT2D eigenvalue weighted by atomic mass is 10.6. The summed E-state index contributed by atoms with van der Waals surface area (Å²) >= 11 is 0. The van der Waals surface area contributed by atoms with E-state index in [9.17, 15) is 0 Å². The molecular formula is C4H5N3. The third-order valence-electron chi connectivity index (χ3n) is 0.557. The van der Waals surface area contributed by atoms with E-state index >= 15 is 0 Å². The molecule has 0 saturated heterocycles. The molecule has 0 saturated carbocycles. The molecule has 7 heavy (non-hydrogen) atoms. The highest BCUT2D eigenvalue weighted by Crippen LogP contribution is 1.85. The van der Waals surface area contributed by atoms with Crippen molar-refractivity contribution >= 4 is 5.82 Å². The second-order valence-electron chi connectivity index (χ2n) is 1.08. The Kier molecular flexibility index (Phi) is 0.656. The molecular weight excluding hydrogens is 90.1 g/mol. The fourth-order valence-corrected chi connectivity index (χ4v) is 0.271. The van der Waals surface area contributed by atoms with Gasteiger partial charge < -0.3 is 5.73 Å². The van der Waals surface area contributed by atoms with Crippen LogP contribution in [0.4, 0.5) is 5.82 Å². The van der Waals surface area contributed by atoms with Gasteiger partial charge in [-0.05, 0) is 6.07 Å². The van der Waals surface area contributed by atoms with Gasteiger partial charge in [0.1, 0.15) is 13.5 Å². The van der Waals surface area contributed by atoms with Crippen LogP contribution < -0.4 is 5.73 Å². The number of hydrogen-bond acceptors (Lipinski definition) is 3. The van der Waals surface area contributed by atoms with E-state index in [-0.39, 0.29) is 6.30 Å². The standard InChI is InChI=1S/C4H5N3/c5-4-1-2-6-3-7-4/h1-3H,(H2,5,6,7)/i3D. The normalized spacial score (nSPS) is 10.6. The molecule has 0 atom stereocenters. The summed E-state index contributed by atoms with van der Waals surface area (Å²) < 4.78 is 6.83. The monoisotopic (exact) mass is 96.1 g/mol. The van der Waals surface area contributed by atoms with Crippen molar-refractivity contribution < 1.29 is 1.37 Å². The van der Waals surface area contributed by atoms with Gasteiger partial charge >= 0.3 is 0 Å². The fourth-order valence-electron chi connectivity index (χ4n) is 0.271. The third-order valence-corrected chi connectivity index (χ3v) is 0.557. The van der Waals surface area contributed by atoms with E-state index in [1.807, 2.05) is 0 Å². The third kappa shape index (κ3) is 0.855. The molecule has 1 heterocycles. The first-order valence-electron chi connectivity index (χ1n) is 2.34. The van der Waals surface area contributed by atoms with E-state index in [4.69, 9.17) is 7.10 Å². The van der Waals surface area contributed by atoms with Gasteiger partial charge in [-0.15, -0.1) is 0 Å². The highest BCUT2D eigenvalue weighted by Gasteiger charge is 1.74. The van der Waals surface area contributed by atoms with Crippen molar-refractivity contribution in [2.24, 2.45) is 0 Å². The molecule has 1 aromatic rings. The van der Waals surface area contributed by atoms with E-state index in [0.717, 1.165) is 0 Å². The Bertz CT molecular complexity index is 171. The van der Waals surface area contributed by atoms with Crippen LogP contribution in [0.3, 0.4) is 0 Å². The number of rotatable bonds is 0. The quantitative estimate of drug-likeness (QED) is 0.496. The summed E-state index contributed by atoms with van der Waals surface area (Å²) in [5.41, 5.74) is 5.19. The second-order valence-corrected chi connectivity index (χ2v) is 1.08. The summed E-state index contributed by atoms with van der Waals surface area (Å²) in [5.74, 6) is 0.338. The summed E-state index contributed by atoms with van der Waals surface area (Å²) in [5, 5.41) is 0. The van der Waals surface area contributed by atoms with Gasteiger partial charge in [0.25, 0.3) is 0 Å². The van der Waals surface area contributed by atoms with Gasteiger partial charge in [-0.25, -0.2) is 9.97 Å². The Morgan fingerprint density at radius 3 is 3.14 bits per heavy atom. The van der Waals surface area contributed by atoms with Crippen LogP contribution in [0, 0.1) is 0 Å². The van der Waals surface area contributed by atoms with Gasteiger partial charge in [0.2, 0.25) is 0 Å². The Morgan fingerprint density at radius 1 is 1.86 bits per heavy atom. The number of anilines is 1. The lowest BCUT2D eigenvalue weighted by Gasteiger charge is -1.82. The average Bonchev–Trinajstić information content (AvgIpc) is 1.64. The molecule has 0 aliphatic heterocycles. The maximum absolute atomic E-state index is 6.83. The number of nitrogens with zero attached hydrogens (tertiary/aromatic N) is 2. The van der Waals surface area contributed by atoms with Crippen LogP contribution in [-0.4, -0.2) is 9.97 Å². The lowest BCUT2D eigenvalue weighted by molar-refractivity contribution is 1.18. The molecule has 0 radical (unpaired) electrons. The molecule has 3 heteroatoms. The zero-order valence-corrected chi connectivity index (χ0v) is 3.63. The van der Waals surface area contributed by atoms with Crippen molar-refractivity contribution in [3.8, 4) is 0 Å². The molecule has 2 N–H and O–H groups in total. The summed E-state index contributed by atoms with van der Waals surface area (Å²) in [4.78, 5) is 7.02. The van der Waals surface area contributed by atoms with Crippen molar-refractivity contribution in [3.63, 3.8) is 0 Å². The summed E-state index contributed by atoms with van der Waals surface area (Å²) in [6.07, 6.45) is 1.41. The Labute approximate surface area is 42.6 Å². The largest absolute Gasteiger partial charge is 0.384 e. The highest BCUT2D eigenvalue weighted by molar-refractivity contribution is 5.22. The SMILES string of the molecule is [2H]c1nccc(N)n1.